The van der Waals surface area contributed by atoms with E-state index in [2.05, 4.69) is 0 Å². The lowest BCUT2D eigenvalue weighted by molar-refractivity contribution is -0.222. The molecule has 3 aromatic rings. The van der Waals surface area contributed by atoms with E-state index in [0.29, 0.717) is 0 Å². The molecule has 9 nitrogen and oxygen atoms in total. The van der Waals surface area contributed by atoms with Crippen LogP contribution >= 0.6 is 0 Å². The largest absolute Gasteiger partial charge is 0.464 e. The summed E-state index contributed by atoms with van der Waals surface area (Å²) in [5.74, 6) is -6.29. The average molecular weight is 505 g/mol. The maximum Gasteiger partial charge on any atom is 0.379 e. The number of benzene rings is 3. The van der Waals surface area contributed by atoms with E-state index in [1.54, 1.807) is 66.7 Å². The van der Waals surface area contributed by atoms with Gasteiger partial charge in [0.2, 0.25) is 0 Å². The van der Waals surface area contributed by atoms with E-state index in [0.717, 1.165) is 7.11 Å². The van der Waals surface area contributed by atoms with Gasteiger partial charge in [0.25, 0.3) is 0 Å². The van der Waals surface area contributed by atoms with Crippen molar-refractivity contribution in [3.63, 3.8) is 0 Å². The van der Waals surface area contributed by atoms with Gasteiger partial charge in [-0.25, -0.2) is 19.2 Å². The van der Waals surface area contributed by atoms with Crippen molar-refractivity contribution in [2.45, 2.75) is 24.4 Å². The second-order valence-corrected chi connectivity index (χ2v) is 7.94. The van der Waals surface area contributed by atoms with Crippen molar-refractivity contribution >= 4 is 23.9 Å². The van der Waals surface area contributed by atoms with Gasteiger partial charge in [-0.15, -0.1) is 0 Å². The first kappa shape index (κ1) is 24.2. The molecule has 0 aliphatic carbocycles. The third-order valence-electron chi connectivity index (χ3n) is 5.44. The van der Waals surface area contributed by atoms with Crippen molar-refractivity contribution in [1.82, 2.24) is 0 Å². The van der Waals surface area contributed by atoms with Crippen LogP contribution in [0.15, 0.2) is 91.0 Å². The molecule has 9 heteroatoms. The van der Waals surface area contributed by atoms with Crippen LogP contribution in [0, 0.1) is 0 Å². The number of ether oxygens (including phenoxy) is 5. The first-order valence-electron chi connectivity index (χ1n) is 11.9. The molecule has 4 atom stereocenters. The highest BCUT2D eigenvalue weighted by Crippen LogP contribution is 2.36. The molecular weight excluding hydrogens is 480 g/mol. The van der Waals surface area contributed by atoms with Crippen molar-refractivity contribution < 1.29 is 44.2 Å². The lowest BCUT2D eigenvalue weighted by atomic mass is 10.1. The van der Waals surface area contributed by atoms with Gasteiger partial charge in [0.15, 0.2) is 0 Å². The Bertz CT molecular complexity index is 1280. The fourth-order valence-electron chi connectivity index (χ4n) is 3.60. The van der Waals surface area contributed by atoms with Crippen LogP contribution in [0.25, 0.3) is 0 Å². The van der Waals surface area contributed by atoms with Gasteiger partial charge >= 0.3 is 29.7 Å². The van der Waals surface area contributed by atoms with Crippen LogP contribution < -0.4 is 0 Å². The zero-order valence-corrected chi connectivity index (χ0v) is 19.8. The minimum atomic E-state index is -2.60. The van der Waals surface area contributed by atoms with Gasteiger partial charge in [0.05, 0.1) is 30.2 Å². The molecule has 4 rings (SSSR count). The second kappa shape index (κ2) is 11.5. The van der Waals surface area contributed by atoms with Gasteiger partial charge in [-0.1, -0.05) is 54.6 Å². The molecule has 190 valence electrons. The van der Waals surface area contributed by atoms with Gasteiger partial charge in [0.1, 0.15) is 18.8 Å². The van der Waals surface area contributed by atoms with Gasteiger partial charge in [-0.2, -0.15) is 0 Å². The number of carbonyl (C=O) groups is 4. The highest BCUT2D eigenvalue weighted by Gasteiger charge is 2.58. The second-order valence-electron chi connectivity index (χ2n) is 7.94. The summed E-state index contributed by atoms with van der Waals surface area (Å²) in [4.78, 5) is 51.2. The molecular formula is C28H24O9. The van der Waals surface area contributed by atoms with E-state index in [9.17, 15) is 19.2 Å². The van der Waals surface area contributed by atoms with E-state index < -0.39 is 54.9 Å². The molecule has 0 radical (unpaired) electrons. The maximum atomic E-state index is 12.9. The Morgan fingerprint density at radius 2 is 1.30 bits per heavy atom. The summed E-state index contributed by atoms with van der Waals surface area (Å²) < 4.78 is 35.7. The Labute approximate surface area is 214 Å². The van der Waals surface area contributed by atoms with Crippen LogP contribution in [0.5, 0.6) is 0 Å². The normalized spacial score (nSPS) is 22.8. The fraction of sp³-hybridized carbons (Fsp3) is 0.214. The monoisotopic (exact) mass is 505 g/mol. The van der Waals surface area contributed by atoms with Crippen LogP contribution in [0.1, 0.15) is 38.8 Å². The van der Waals surface area contributed by atoms with Crippen LogP contribution in [0.2, 0.25) is 0 Å². The Kier molecular flexibility index (Phi) is 7.52. The molecule has 0 unspecified atom stereocenters. The Morgan fingerprint density at radius 1 is 0.811 bits per heavy atom. The number of carbonyl (C=O) groups excluding carboxylic acids is 4. The van der Waals surface area contributed by atoms with Crippen molar-refractivity contribution in [1.29, 1.82) is 0 Å². The molecule has 1 fully saturated rings. The molecule has 1 saturated heterocycles. The zero-order chi connectivity index (χ0) is 27.1. The van der Waals surface area contributed by atoms with Gasteiger partial charge < -0.3 is 23.7 Å². The fourth-order valence-corrected chi connectivity index (χ4v) is 3.60. The van der Waals surface area contributed by atoms with Crippen molar-refractivity contribution in [2.24, 2.45) is 0 Å². The molecule has 0 bridgehead atoms. The van der Waals surface area contributed by atoms with E-state index in [4.69, 9.17) is 25.1 Å². The van der Waals surface area contributed by atoms with E-state index in [1.165, 1.54) is 24.3 Å². The standard InChI is InChI=1S/C28H24O9/c1-33-27(32)28(37-26(31)21-15-9-4-10-16-21)17-22(35-25(30)20-13-7-3-8-14-20)23(36-28)18-34-24(29)19-11-5-2-6-12-19/h2-16,22-23H,17-18H2,1H3/t22-,23+,28-/m0/s1/i17D/t17-,22+,23-,28+/m1. The highest BCUT2D eigenvalue weighted by atomic mass is 16.8. The lowest BCUT2D eigenvalue weighted by Gasteiger charge is -2.25. The molecule has 1 heterocycles. The Hall–Kier alpha value is -4.50. The summed E-state index contributed by atoms with van der Waals surface area (Å²) in [6, 6.07) is 23.8. The van der Waals surface area contributed by atoms with E-state index >= 15 is 0 Å². The molecule has 0 spiro atoms. The smallest absolute Gasteiger partial charge is 0.379 e. The molecule has 0 N–H and O–H groups in total. The SMILES string of the molecule is [2H][C@@H]1[C@H](OC(=O)c2ccccc2)[C@@H](COC(=O)c2ccccc2)O[C@@]1(OC(=O)c1ccccc1)C(=O)OC. The predicted molar refractivity (Wildman–Crippen MR) is 128 cm³/mol. The average Bonchev–Trinajstić information content (AvgIpc) is 3.23. The van der Waals surface area contributed by atoms with Crippen LogP contribution in [-0.2, 0) is 28.5 Å². The topological polar surface area (TPSA) is 114 Å². The maximum absolute atomic E-state index is 12.9. The lowest BCUT2D eigenvalue weighted by Crippen LogP contribution is -2.45. The summed E-state index contributed by atoms with van der Waals surface area (Å²) in [5.41, 5.74) is 0.514. The molecule has 1 aliphatic heterocycles. The third kappa shape index (κ3) is 6.02. The minimum Gasteiger partial charge on any atom is -0.464 e. The summed E-state index contributed by atoms with van der Waals surface area (Å²) >= 11 is 0. The molecule has 0 saturated carbocycles. The Balaban J connectivity index is 1.63. The van der Waals surface area contributed by atoms with Crippen LogP contribution in [0.3, 0.4) is 0 Å². The zero-order valence-electron chi connectivity index (χ0n) is 20.8. The van der Waals surface area contributed by atoms with Crippen LogP contribution in [0.4, 0.5) is 0 Å². The van der Waals surface area contributed by atoms with Gasteiger partial charge in [0, 0.05) is 1.37 Å². The molecule has 3 aromatic carbocycles. The first-order valence-corrected chi connectivity index (χ1v) is 11.3. The number of rotatable bonds is 8. The summed E-state index contributed by atoms with van der Waals surface area (Å²) in [6.45, 7) is -0.516. The first-order chi connectivity index (χ1) is 18.4. The molecule has 37 heavy (non-hydrogen) atoms. The number of hydrogen-bond acceptors (Lipinski definition) is 9. The predicted octanol–water partition coefficient (Wildman–Crippen LogP) is 3.58. The third-order valence-corrected chi connectivity index (χ3v) is 5.44. The summed E-state index contributed by atoms with van der Waals surface area (Å²) in [7, 11) is 1.03. The molecule has 0 aromatic heterocycles. The minimum absolute atomic E-state index is 0.0864. The van der Waals surface area contributed by atoms with Crippen molar-refractivity contribution in [3.8, 4) is 0 Å². The quantitative estimate of drug-likeness (QED) is 0.335. The number of methoxy groups -OCH3 is 1. The van der Waals surface area contributed by atoms with Gasteiger partial charge in [-0.05, 0) is 36.4 Å². The van der Waals surface area contributed by atoms with E-state index in [-0.39, 0.29) is 16.7 Å². The number of esters is 4. The highest BCUT2D eigenvalue weighted by molar-refractivity contribution is 5.93. The Morgan fingerprint density at radius 3 is 1.81 bits per heavy atom. The molecule has 0 amide bonds. The summed E-state index contributed by atoms with van der Waals surface area (Å²) in [6.07, 6.45) is -4.61. The number of hydrogen-bond donors (Lipinski definition) is 0. The molecule has 1 aliphatic rings. The van der Waals surface area contributed by atoms with E-state index in [1.807, 2.05) is 0 Å². The van der Waals surface area contributed by atoms with Crippen molar-refractivity contribution in [2.75, 3.05) is 13.7 Å². The summed E-state index contributed by atoms with van der Waals surface area (Å²) in [5, 5.41) is 0. The van der Waals surface area contributed by atoms with Crippen molar-refractivity contribution in [3.05, 3.63) is 108 Å². The van der Waals surface area contributed by atoms with Gasteiger partial charge in [-0.3, -0.25) is 0 Å². The van der Waals surface area contributed by atoms with Crippen LogP contribution in [-0.4, -0.2) is 55.6 Å².